The maximum Gasteiger partial charge on any atom is 0.340 e. The van der Waals surface area contributed by atoms with Crippen LogP contribution in [0.2, 0.25) is 0 Å². The van der Waals surface area contributed by atoms with Gasteiger partial charge in [-0.2, -0.15) is 4.99 Å². The van der Waals surface area contributed by atoms with E-state index in [1.807, 2.05) is 67.6 Å². The number of amides is 1. The van der Waals surface area contributed by atoms with Crippen molar-refractivity contribution >= 4 is 46.7 Å². The molecule has 4 aromatic rings. The van der Waals surface area contributed by atoms with Crippen LogP contribution in [-0.4, -0.2) is 35.9 Å². The summed E-state index contributed by atoms with van der Waals surface area (Å²) in [6, 6.07) is 35.1. The summed E-state index contributed by atoms with van der Waals surface area (Å²) in [4.78, 5) is 33.7. The fourth-order valence-corrected chi connectivity index (χ4v) is 4.40. The fraction of sp³-hybridized carbons (Fsp3) is 0.121. The van der Waals surface area contributed by atoms with Crippen LogP contribution >= 0.6 is 0 Å². The van der Waals surface area contributed by atoms with E-state index < -0.39 is 5.97 Å². The van der Waals surface area contributed by atoms with E-state index in [2.05, 4.69) is 34.2 Å². The Hall–Kier alpha value is -5.17. The summed E-state index contributed by atoms with van der Waals surface area (Å²) in [5.41, 5.74) is 4.53. The van der Waals surface area contributed by atoms with Gasteiger partial charge in [-0.1, -0.05) is 60.7 Å². The van der Waals surface area contributed by atoms with Crippen LogP contribution in [0.3, 0.4) is 0 Å². The summed E-state index contributed by atoms with van der Waals surface area (Å²) in [6.07, 6.45) is 1.70. The number of carbonyl (C=O) groups excluding carboxylic acids is 2. The first-order chi connectivity index (χ1) is 19.6. The van der Waals surface area contributed by atoms with Crippen LogP contribution in [0, 0.1) is 0 Å². The lowest BCUT2D eigenvalue weighted by molar-refractivity contribution is -0.122. The van der Waals surface area contributed by atoms with Gasteiger partial charge in [-0.25, -0.2) is 4.79 Å². The number of para-hydroxylation sites is 3. The number of amidine groups is 1. The molecule has 0 saturated carbocycles. The number of aliphatic imine (C=N–C) groups is 1. The second-order valence-corrected chi connectivity index (χ2v) is 8.89. The molecular formula is C33H29N3O4. The highest BCUT2D eigenvalue weighted by molar-refractivity contribution is 6.12. The maximum absolute atomic E-state index is 13.2. The van der Waals surface area contributed by atoms with Crippen molar-refractivity contribution in [2.75, 3.05) is 18.1 Å². The first-order valence-corrected chi connectivity index (χ1v) is 13.2. The third-order valence-corrected chi connectivity index (χ3v) is 6.30. The first kappa shape index (κ1) is 26.4. The molecule has 4 aromatic carbocycles. The predicted octanol–water partition coefficient (Wildman–Crippen LogP) is 7.24. The lowest BCUT2D eigenvalue weighted by atomic mass is 10.1. The molecule has 5 rings (SSSR count). The third-order valence-electron chi connectivity index (χ3n) is 6.30. The first-order valence-electron chi connectivity index (χ1n) is 13.2. The standard InChI is InChI=1S/C33H29N3O4/c1-3-35-31(37)30(40-33(35)34-29-18-12-11-17-28(29)32(38)39-4-2)23-24-19-21-27(22-20-24)36(25-13-7-5-8-14-25)26-15-9-6-10-16-26/h5-23H,3-4H2,1-2H3. The molecule has 0 atom stereocenters. The van der Waals surface area contributed by atoms with Gasteiger partial charge in [0.2, 0.25) is 0 Å². The van der Waals surface area contributed by atoms with Gasteiger partial charge in [0.05, 0.1) is 17.9 Å². The van der Waals surface area contributed by atoms with Gasteiger partial charge in [-0.3, -0.25) is 9.69 Å². The molecule has 0 N–H and O–H groups in total. The zero-order valence-electron chi connectivity index (χ0n) is 22.4. The highest BCUT2D eigenvalue weighted by Crippen LogP contribution is 2.34. The van der Waals surface area contributed by atoms with E-state index in [4.69, 9.17) is 9.47 Å². The van der Waals surface area contributed by atoms with Gasteiger partial charge < -0.3 is 14.4 Å². The smallest absolute Gasteiger partial charge is 0.340 e. The van der Waals surface area contributed by atoms with Crippen LogP contribution in [0.4, 0.5) is 22.7 Å². The summed E-state index contributed by atoms with van der Waals surface area (Å²) < 4.78 is 11.1. The SMILES string of the molecule is CCOC(=O)c1ccccc1N=C1OC(=Cc2ccc(N(c3ccccc3)c3ccccc3)cc2)C(=O)N1CC. The van der Waals surface area contributed by atoms with Crippen molar-refractivity contribution < 1.29 is 19.1 Å². The van der Waals surface area contributed by atoms with Crippen LogP contribution in [0.15, 0.2) is 120 Å². The number of likely N-dealkylation sites (N-methyl/N-ethyl adjacent to an activating group) is 1. The molecule has 1 fully saturated rings. The molecule has 7 nitrogen and oxygen atoms in total. The summed E-state index contributed by atoms with van der Waals surface area (Å²) in [5.74, 6) is -0.621. The van der Waals surface area contributed by atoms with Crippen molar-refractivity contribution in [3.63, 3.8) is 0 Å². The van der Waals surface area contributed by atoms with E-state index in [1.165, 1.54) is 4.90 Å². The molecule has 1 heterocycles. The average Bonchev–Trinajstić information content (AvgIpc) is 3.28. The number of benzene rings is 4. The van der Waals surface area contributed by atoms with Crippen LogP contribution in [0.5, 0.6) is 0 Å². The van der Waals surface area contributed by atoms with Gasteiger partial charge in [-0.15, -0.1) is 0 Å². The van der Waals surface area contributed by atoms with Gasteiger partial charge in [0, 0.05) is 23.6 Å². The van der Waals surface area contributed by atoms with Crippen LogP contribution in [0.1, 0.15) is 29.8 Å². The van der Waals surface area contributed by atoms with Gasteiger partial charge in [0.25, 0.3) is 5.91 Å². The number of esters is 1. The van der Waals surface area contributed by atoms with E-state index in [0.29, 0.717) is 17.8 Å². The summed E-state index contributed by atoms with van der Waals surface area (Å²) in [7, 11) is 0. The molecule has 7 heteroatoms. The molecule has 0 unspecified atom stereocenters. The van der Waals surface area contributed by atoms with Gasteiger partial charge in [0.1, 0.15) is 0 Å². The van der Waals surface area contributed by atoms with E-state index in [0.717, 1.165) is 22.6 Å². The second-order valence-electron chi connectivity index (χ2n) is 8.89. The quantitative estimate of drug-likeness (QED) is 0.177. The number of hydrogen-bond acceptors (Lipinski definition) is 6. The van der Waals surface area contributed by atoms with E-state index in [-0.39, 0.29) is 24.3 Å². The van der Waals surface area contributed by atoms with Crippen molar-refractivity contribution in [3.8, 4) is 0 Å². The van der Waals surface area contributed by atoms with E-state index in [9.17, 15) is 9.59 Å². The Labute approximate surface area is 233 Å². The molecule has 40 heavy (non-hydrogen) atoms. The van der Waals surface area contributed by atoms with Crippen molar-refractivity contribution in [1.82, 2.24) is 4.90 Å². The zero-order valence-corrected chi connectivity index (χ0v) is 22.4. The summed E-state index contributed by atoms with van der Waals surface area (Å²) >= 11 is 0. The lowest BCUT2D eigenvalue weighted by Gasteiger charge is -2.25. The van der Waals surface area contributed by atoms with Crippen LogP contribution < -0.4 is 4.90 Å². The van der Waals surface area contributed by atoms with Gasteiger partial charge >= 0.3 is 12.0 Å². The van der Waals surface area contributed by atoms with Crippen molar-refractivity contribution in [3.05, 3.63) is 126 Å². The second kappa shape index (κ2) is 12.1. The predicted molar refractivity (Wildman–Crippen MR) is 157 cm³/mol. The highest BCUT2D eigenvalue weighted by Gasteiger charge is 2.34. The number of nitrogens with zero attached hydrogens (tertiary/aromatic N) is 3. The number of ether oxygens (including phenoxy) is 2. The highest BCUT2D eigenvalue weighted by atomic mass is 16.5. The van der Waals surface area contributed by atoms with Gasteiger partial charge in [-0.05, 0) is 74.0 Å². The minimum absolute atomic E-state index is 0.117. The van der Waals surface area contributed by atoms with Gasteiger partial charge in [0.15, 0.2) is 5.76 Å². The molecule has 1 aliphatic heterocycles. The topological polar surface area (TPSA) is 71.4 Å². The Morgan fingerprint density at radius 3 is 2.00 bits per heavy atom. The van der Waals surface area contributed by atoms with Crippen LogP contribution in [-0.2, 0) is 14.3 Å². The molecule has 1 amide bonds. The van der Waals surface area contributed by atoms with Crippen molar-refractivity contribution in [2.45, 2.75) is 13.8 Å². The monoisotopic (exact) mass is 531 g/mol. The molecule has 200 valence electrons. The molecule has 0 spiro atoms. The number of hydrogen-bond donors (Lipinski definition) is 0. The number of carbonyl (C=O) groups is 2. The maximum atomic E-state index is 13.2. The number of rotatable bonds is 8. The third kappa shape index (κ3) is 5.63. The average molecular weight is 532 g/mol. The molecule has 1 saturated heterocycles. The molecule has 0 bridgehead atoms. The van der Waals surface area contributed by atoms with E-state index >= 15 is 0 Å². The lowest BCUT2D eigenvalue weighted by Crippen LogP contribution is -2.29. The Balaban J connectivity index is 1.43. The molecule has 0 aromatic heterocycles. The Kier molecular flexibility index (Phi) is 8.02. The normalized spacial score (nSPS) is 14.8. The van der Waals surface area contributed by atoms with E-state index in [1.54, 1.807) is 37.3 Å². The molecule has 1 aliphatic rings. The Morgan fingerprint density at radius 2 is 1.40 bits per heavy atom. The molecular weight excluding hydrogens is 502 g/mol. The Bertz CT molecular complexity index is 1510. The fourth-order valence-electron chi connectivity index (χ4n) is 4.40. The molecule has 0 aliphatic carbocycles. The molecule has 0 radical (unpaired) electrons. The number of anilines is 3. The minimum atomic E-state index is -0.481. The minimum Gasteiger partial charge on any atom is -0.462 e. The Morgan fingerprint density at radius 1 is 0.825 bits per heavy atom. The summed E-state index contributed by atoms with van der Waals surface area (Å²) in [5, 5.41) is 0. The zero-order chi connectivity index (χ0) is 27.9. The largest absolute Gasteiger partial charge is 0.462 e. The summed E-state index contributed by atoms with van der Waals surface area (Å²) in [6.45, 7) is 4.19. The van der Waals surface area contributed by atoms with Crippen molar-refractivity contribution in [2.24, 2.45) is 4.99 Å². The van der Waals surface area contributed by atoms with Crippen LogP contribution in [0.25, 0.3) is 6.08 Å². The van der Waals surface area contributed by atoms with Crippen molar-refractivity contribution in [1.29, 1.82) is 0 Å².